The maximum absolute atomic E-state index is 12.0. The Bertz CT molecular complexity index is 557. The van der Waals surface area contributed by atoms with Crippen molar-refractivity contribution < 1.29 is 23.9 Å². The Labute approximate surface area is 127 Å². The molecule has 1 aliphatic rings. The van der Waals surface area contributed by atoms with Gasteiger partial charge in [-0.05, 0) is 25.5 Å². The van der Waals surface area contributed by atoms with E-state index in [1.54, 1.807) is 19.1 Å². The second-order valence-corrected chi connectivity index (χ2v) is 5.55. The molecule has 0 bridgehead atoms. The summed E-state index contributed by atoms with van der Waals surface area (Å²) in [5, 5.41) is 14.1. The molecular formula is C14H19N3O5. The molecule has 1 aromatic rings. The number of carboxylic acids is 1. The van der Waals surface area contributed by atoms with Crippen LogP contribution in [-0.2, 0) is 16.1 Å². The van der Waals surface area contributed by atoms with Crippen LogP contribution in [0.25, 0.3) is 0 Å². The average molecular weight is 309 g/mol. The first-order chi connectivity index (χ1) is 10.4. The molecule has 1 atom stereocenters. The van der Waals surface area contributed by atoms with Crippen LogP contribution in [0.2, 0.25) is 0 Å². The number of urea groups is 1. The van der Waals surface area contributed by atoms with Gasteiger partial charge in [0, 0.05) is 13.1 Å². The lowest BCUT2D eigenvalue weighted by molar-refractivity contribution is -0.147. The number of carbonyl (C=O) groups excluding carboxylic acids is 2. The van der Waals surface area contributed by atoms with Gasteiger partial charge in [0.25, 0.3) is 0 Å². The Hall–Kier alpha value is -2.51. The van der Waals surface area contributed by atoms with Crippen LogP contribution in [-0.4, -0.2) is 47.5 Å². The second kappa shape index (κ2) is 6.50. The third-order valence-electron chi connectivity index (χ3n) is 3.75. The van der Waals surface area contributed by atoms with Gasteiger partial charge in [0.15, 0.2) is 0 Å². The lowest BCUT2D eigenvalue weighted by atomic mass is 9.90. The number of amides is 3. The smallest absolute Gasteiger partial charge is 0.315 e. The predicted octanol–water partition coefficient (Wildman–Crippen LogP) is 0.402. The summed E-state index contributed by atoms with van der Waals surface area (Å²) in [5.41, 5.74) is -0.906. The van der Waals surface area contributed by atoms with Gasteiger partial charge in [0.05, 0.1) is 24.8 Å². The monoisotopic (exact) mass is 309 g/mol. The molecule has 1 aliphatic heterocycles. The lowest BCUT2D eigenvalue weighted by Crippen LogP contribution is -2.43. The number of hydrogen-bond donors (Lipinski definition) is 3. The molecule has 8 nitrogen and oxygen atoms in total. The molecule has 0 spiro atoms. The Morgan fingerprint density at radius 1 is 1.41 bits per heavy atom. The first-order valence-electron chi connectivity index (χ1n) is 6.96. The van der Waals surface area contributed by atoms with E-state index in [1.165, 1.54) is 11.2 Å². The van der Waals surface area contributed by atoms with Gasteiger partial charge in [0.2, 0.25) is 5.91 Å². The van der Waals surface area contributed by atoms with Gasteiger partial charge in [-0.2, -0.15) is 0 Å². The number of furan rings is 1. The molecule has 2 rings (SSSR count). The summed E-state index contributed by atoms with van der Waals surface area (Å²) in [7, 11) is 0. The first kappa shape index (κ1) is 15.9. The van der Waals surface area contributed by atoms with E-state index in [1.807, 2.05) is 0 Å². The summed E-state index contributed by atoms with van der Waals surface area (Å²) in [5.74, 6) is -0.594. The molecule has 22 heavy (non-hydrogen) atoms. The number of carbonyl (C=O) groups is 3. The third kappa shape index (κ3) is 3.78. The molecule has 0 aliphatic carbocycles. The van der Waals surface area contributed by atoms with Gasteiger partial charge in [-0.3, -0.25) is 9.59 Å². The largest absolute Gasteiger partial charge is 0.481 e. The molecule has 2 heterocycles. The van der Waals surface area contributed by atoms with E-state index in [4.69, 9.17) is 9.52 Å². The summed E-state index contributed by atoms with van der Waals surface area (Å²) >= 11 is 0. The minimum Gasteiger partial charge on any atom is -0.481 e. The number of carboxylic acid groups (broad SMARTS) is 1. The molecule has 0 saturated carbocycles. The van der Waals surface area contributed by atoms with Crippen molar-refractivity contribution in [2.75, 3.05) is 19.6 Å². The van der Waals surface area contributed by atoms with Gasteiger partial charge >= 0.3 is 12.0 Å². The van der Waals surface area contributed by atoms with Crippen molar-refractivity contribution in [3.05, 3.63) is 24.2 Å². The molecule has 1 aromatic heterocycles. The van der Waals surface area contributed by atoms with E-state index in [0.717, 1.165) is 0 Å². The highest BCUT2D eigenvalue weighted by molar-refractivity contribution is 5.85. The zero-order valence-corrected chi connectivity index (χ0v) is 12.3. The number of nitrogens with zero attached hydrogens (tertiary/aromatic N) is 1. The molecule has 1 fully saturated rings. The van der Waals surface area contributed by atoms with Crippen molar-refractivity contribution in [1.29, 1.82) is 0 Å². The van der Waals surface area contributed by atoms with Crippen molar-refractivity contribution in [2.45, 2.75) is 19.9 Å². The van der Waals surface area contributed by atoms with Crippen molar-refractivity contribution in [2.24, 2.45) is 5.41 Å². The van der Waals surface area contributed by atoms with Crippen LogP contribution >= 0.6 is 0 Å². The first-order valence-corrected chi connectivity index (χ1v) is 6.96. The summed E-state index contributed by atoms with van der Waals surface area (Å²) in [6, 6.07) is 2.96. The molecule has 120 valence electrons. The van der Waals surface area contributed by atoms with Gasteiger partial charge in [-0.25, -0.2) is 4.79 Å². The average Bonchev–Trinajstić information content (AvgIpc) is 3.12. The quantitative estimate of drug-likeness (QED) is 0.729. The number of nitrogens with one attached hydrogen (secondary N) is 2. The lowest BCUT2D eigenvalue weighted by Gasteiger charge is -2.20. The van der Waals surface area contributed by atoms with E-state index >= 15 is 0 Å². The van der Waals surface area contributed by atoms with E-state index in [0.29, 0.717) is 18.7 Å². The minimum atomic E-state index is -0.910. The fraction of sp³-hybridized carbons (Fsp3) is 0.500. The Kier molecular flexibility index (Phi) is 4.69. The van der Waals surface area contributed by atoms with Crippen molar-refractivity contribution in [3.8, 4) is 0 Å². The van der Waals surface area contributed by atoms with E-state index in [-0.39, 0.29) is 25.5 Å². The Morgan fingerprint density at radius 2 is 2.18 bits per heavy atom. The van der Waals surface area contributed by atoms with Crippen LogP contribution < -0.4 is 10.6 Å². The molecule has 1 saturated heterocycles. The summed E-state index contributed by atoms with van der Waals surface area (Å²) in [6.45, 7) is 2.23. The maximum atomic E-state index is 12.0. The fourth-order valence-corrected chi connectivity index (χ4v) is 2.26. The van der Waals surface area contributed by atoms with Gasteiger partial charge < -0.3 is 25.1 Å². The molecule has 0 radical (unpaired) electrons. The molecule has 1 unspecified atom stereocenters. The summed E-state index contributed by atoms with van der Waals surface area (Å²) < 4.78 is 5.06. The topological polar surface area (TPSA) is 112 Å². The maximum Gasteiger partial charge on any atom is 0.315 e. The van der Waals surface area contributed by atoms with E-state index in [9.17, 15) is 14.4 Å². The normalized spacial score (nSPS) is 20.7. The Morgan fingerprint density at radius 3 is 2.77 bits per heavy atom. The predicted molar refractivity (Wildman–Crippen MR) is 75.9 cm³/mol. The van der Waals surface area contributed by atoms with Gasteiger partial charge in [-0.1, -0.05) is 0 Å². The SMILES string of the molecule is CC1(C(=O)O)CCN(C(=O)CNC(=O)NCc2ccco2)C1. The van der Waals surface area contributed by atoms with Gasteiger partial charge in [0.1, 0.15) is 5.76 Å². The standard InChI is InChI=1S/C14H19N3O5/c1-14(12(19)20)4-5-17(9-14)11(18)8-16-13(21)15-7-10-3-2-6-22-10/h2-3,6H,4-5,7-9H2,1H3,(H,19,20)(H2,15,16,21). The van der Waals surface area contributed by atoms with Crippen LogP contribution in [0, 0.1) is 5.41 Å². The molecular weight excluding hydrogens is 290 g/mol. The third-order valence-corrected chi connectivity index (χ3v) is 3.75. The van der Waals surface area contributed by atoms with Crippen LogP contribution in [0.1, 0.15) is 19.1 Å². The Balaban J connectivity index is 1.71. The highest BCUT2D eigenvalue weighted by Gasteiger charge is 2.41. The van der Waals surface area contributed by atoms with Crippen molar-refractivity contribution in [1.82, 2.24) is 15.5 Å². The van der Waals surface area contributed by atoms with Crippen molar-refractivity contribution >= 4 is 17.9 Å². The number of likely N-dealkylation sites (tertiary alicyclic amines) is 1. The second-order valence-electron chi connectivity index (χ2n) is 5.55. The molecule has 3 amide bonds. The molecule has 0 aromatic carbocycles. The van der Waals surface area contributed by atoms with Crippen LogP contribution in [0.4, 0.5) is 4.79 Å². The van der Waals surface area contributed by atoms with E-state index in [2.05, 4.69) is 10.6 Å². The van der Waals surface area contributed by atoms with Crippen LogP contribution in [0.15, 0.2) is 22.8 Å². The molecule has 8 heteroatoms. The highest BCUT2D eigenvalue weighted by Crippen LogP contribution is 2.29. The zero-order valence-electron chi connectivity index (χ0n) is 12.3. The zero-order chi connectivity index (χ0) is 16.2. The number of rotatable bonds is 5. The van der Waals surface area contributed by atoms with E-state index < -0.39 is 17.4 Å². The van der Waals surface area contributed by atoms with Crippen LogP contribution in [0.3, 0.4) is 0 Å². The van der Waals surface area contributed by atoms with Crippen molar-refractivity contribution in [3.63, 3.8) is 0 Å². The highest BCUT2D eigenvalue weighted by atomic mass is 16.4. The molecule has 3 N–H and O–H groups in total. The summed E-state index contributed by atoms with van der Waals surface area (Å²) in [6.07, 6.45) is 1.92. The minimum absolute atomic E-state index is 0.164. The number of hydrogen-bond acceptors (Lipinski definition) is 4. The van der Waals surface area contributed by atoms with Gasteiger partial charge in [-0.15, -0.1) is 0 Å². The number of aliphatic carboxylic acids is 1. The summed E-state index contributed by atoms with van der Waals surface area (Å²) in [4.78, 5) is 36.1. The fourth-order valence-electron chi connectivity index (χ4n) is 2.26. The van der Waals surface area contributed by atoms with Crippen LogP contribution in [0.5, 0.6) is 0 Å².